The molecular formula is C82H80BrClF13N9O11S. The number of aryl methyl sites for hydroxylation is 4. The summed E-state index contributed by atoms with van der Waals surface area (Å²) in [5.74, 6) is -26.9. The Labute approximate surface area is 685 Å². The highest BCUT2D eigenvalue weighted by molar-refractivity contribution is 9.10. The van der Waals surface area contributed by atoms with Crippen molar-refractivity contribution >= 4 is 109 Å². The summed E-state index contributed by atoms with van der Waals surface area (Å²) in [6.07, 6.45) is 1.98. The zero-order valence-corrected chi connectivity index (χ0v) is 66.9. The lowest BCUT2D eigenvalue weighted by molar-refractivity contribution is -0.161. The van der Waals surface area contributed by atoms with Crippen molar-refractivity contribution in [3.63, 3.8) is 0 Å². The number of aliphatic hydroxyl groups is 3. The van der Waals surface area contributed by atoms with Crippen molar-refractivity contribution in [2.75, 3.05) is 73.6 Å². The third-order valence-electron chi connectivity index (χ3n) is 19.9. The molecule has 12 rings (SSSR count). The number of hydrogen-bond acceptors (Lipinski definition) is 13. The van der Waals surface area contributed by atoms with Crippen LogP contribution in [0, 0.1) is 62.7 Å². The number of nitrogens with one attached hydrogen (secondary N) is 4. The average molecular weight is 1760 g/mol. The van der Waals surface area contributed by atoms with Gasteiger partial charge in [-0.2, -0.15) is 35.1 Å². The number of alkyl halides is 8. The van der Waals surface area contributed by atoms with Crippen LogP contribution in [0.3, 0.4) is 0 Å². The summed E-state index contributed by atoms with van der Waals surface area (Å²) < 4.78 is 186. The maximum Gasteiger partial charge on any atom is 0.375 e. The first kappa shape index (κ1) is 91.6. The summed E-state index contributed by atoms with van der Waals surface area (Å²) in [5.41, 5.74) is -0.569. The molecule has 7 N–H and O–H groups in total. The molecule has 5 heterocycles. The van der Waals surface area contributed by atoms with Crippen molar-refractivity contribution < 1.29 is 111 Å². The van der Waals surface area contributed by atoms with Crippen LogP contribution in [0.2, 0.25) is 5.02 Å². The van der Waals surface area contributed by atoms with Crippen LogP contribution in [0.5, 0.6) is 0 Å². The second kappa shape index (κ2) is 39.0. The van der Waals surface area contributed by atoms with Crippen LogP contribution in [0.4, 0.5) is 79.8 Å². The highest BCUT2D eigenvalue weighted by Gasteiger charge is 2.50. The maximum absolute atomic E-state index is 15.0. The van der Waals surface area contributed by atoms with E-state index in [1.165, 1.54) is 93.6 Å². The summed E-state index contributed by atoms with van der Waals surface area (Å²) in [6, 6.07) is 24.9. The Morgan fingerprint density at radius 1 is 0.415 bits per heavy atom. The normalized spacial score (nSPS) is 15.3. The van der Waals surface area contributed by atoms with Gasteiger partial charge in [-0.15, -0.1) is 11.3 Å². The molecule has 7 aromatic carbocycles. The lowest BCUT2D eigenvalue weighted by Gasteiger charge is -2.32. The Hall–Kier alpha value is -10.3. The van der Waals surface area contributed by atoms with Crippen molar-refractivity contribution in [1.82, 2.24) is 24.6 Å². The SMILES string of the molecule is Cc1cc(NC(=O)c2cnc(C(F)(F)C(=O)N3CCC(C)CC3)s2)ccc1F.Cc1ccc(C(=O)Nc2ccc(F)c(Br)c2)cc1C(F)(F)C(=O)N1CCC(O)CC1.Cc1ccc(C(=O)Nc2ccc(F)c(F)c2)cc1C(F)(F)C(=O)N1CCC(O)CC1.Cc1ccc(C(=O)Nc2ccc(F)cc2Cl)cc1C(F)(F)C(=O)N1CCC(O)CC1. The van der Waals surface area contributed by atoms with Crippen LogP contribution in [0.15, 0.2) is 138 Å². The molecule has 0 unspecified atom stereocenters. The molecule has 1 aromatic heterocycles. The minimum Gasteiger partial charge on any atom is -0.393 e. The maximum atomic E-state index is 15.0. The number of aliphatic hydroxyl groups excluding tert-OH is 3. The molecule has 0 spiro atoms. The fourth-order valence-electron chi connectivity index (χ4n) is 12.7. The molecule has 4 aliphatic rings. The lowest BCUT2D eigenvalue weighted by atomic mass is 9.97. The molecule has 0 radical (unpaired) electrons. The summed E-state index contributed by atoms with van der Waals surface area (Å²) in [7, 11) is 0. The molecular weight excluding hydrogens is 1680 g/mol. The summed E-state index contributed by atoms with van der Waals surface area (Å²) >= 11 is 9.37. The van der Waals surface area contributed by atoms with Gasteiger partial charge in [0.25, 0.3) is 41.4 Å². The van der Waals surface area contributed by atoms with E-state index < -0.39 is 140 Å². The Morgan fingerprint density at radius 2 is 0.771 bits per heavy atom. The molecule has 8 amide bonds. The van der Waals surface area contributed by atoms with Crippen molar-refractivity contribution in [3.05, 3.63) is 238 Å². The molecule has 630 valence electrons. The molecule has 0 saturated carbocycles. The third kappa shape index (κ3) is 22.7. The number of piperidine rings is 4. The smallest absolute Gasteiger partial charge is 0.375 e. The zero-order valence-electron chi connectivity index (χ0n) is 63.7. The fourth-order valence-corrected chi connectivity index (χ4v) is 14.1. The van der Waals surface area contributed by atoms with E-state index in [1.54, 1.807) is 6.92 Å². The minimum atomic E-state index is -3.87. The highest BCUT2D eigenvalue weighted by atomic mass is 79.9. The van der Waals surface area contributed by atoms with Crippen molar-refractivity contribution in [2.24, 2.45) is 5.92 Å². The van der Waals surface area contributed by atoms with Gasteiger partial charge in [-0.25, -0.2) is 26.9 Å². The molecule has 4 saturated heterocycles. The predicted octanol–water partition coefficient (Wildman–Crippen LogP) is 16.1. The predicted molar refractivity (Wildman–Crippen MR) is 416 cm³/mol. The van der Waals surface area contributed by atoms with E-state index in [0.29, 0.717) is 41.3 Å². The standard InChI is InChI=1S/C21H20BrF3N2O3.C21H20ClF3N2O3.C21H20F4N2O3.C19H20F3N3O2S/c1-12-2-3-13(19(29)26-14-4-5-18(23)17(22)11-14)10-16(12)21(24,25)20(30)27-8-6-15(28)7-9-27;1-12-2-3-13(19(29)26-18-5-4-14(23)11-17(18)22)10-16(12)21(24,25)20(30)27-8-6-15(28)7-9-27;1-12-2-3-13(19(29)26-14-4-5-17(22)18(23)11-14)10-16(12)21(24,25)20(30)27-8-6-15(28)7-9-27;1-11-5-7-25(8-6-11)18(27)19(21,22)17-23-10-15(28-17)16(26)24-13-3-4-14(20)12(2)9-13/h3*2-5,10-11,15,28H,6-9H2,1H3,(H,26,29);3-4,9-11H,5-8H2,1-2H3,(H,24,26). The van der Waals surface area contributed by atoms with Gasteiger partial charge in [0.15, 0.2) is 16.6 Å². The van der Waals surface area contributed by atoms with Gasteiger partial charge in [0.2, 0.25) is 0 Å². The lowest BCUT2D eigenvalue weighted by Crippen LogP contribution is -2.47. The average Bonchev–Trinajstić information content (AvgIpc) is 1.67. The number of carbonyl (C=O) groups is 8. The van der Waals surface area contributed by atoms with E-state index in [4.69, 9.17) is 11.6 Å². The molecule has 4 fully saturated rings. The largest absolute Gasteiger partial charge is 0.393 e. The zero-order chi connectivity index (χ0) is 86.6. The van der Waals surface area contributed by atoms with Gasteiger partial charge in [0.05, 0.1) is 39.7 Å². The Morgan fingerprint density at radius 3 is 1.16 bits per heavy atom. The number of likely N-dealkylation sites (tertiary alicyclic amines) is 4. The van der Waals surface area contributed by atoms with Gasteiger partial charge in [0, 0.05) is 109 Å². The highest BCUT2D eigenvalue weighted by Crippen LogP contribution is 2.40. The van der Waals surface area contributed by atoms with Gasteiger partial charge in [-0.1, -0.05) is 36.7 Å². The fraction of sp³-hybridized carbons (Fsp3) is 0.354. The van der Waals surface area contributed by atoms with E-state index in [0.717, 1.165) is 80.4 Å². The minimum absolute atomic E-state index is 0.0188. The van der Waals surface area contributed by atoms with Crippen molar-refractivity contribution in [2.45, 2.75) is 128 Å². The number of aromatic nitrogens is 1. The van der Waals surface area contributed by atoms with Crippen LogP contribution in [-0.2, 0) is 42.9 Å². The summed E-state index contributed by atoms with van der Waals surface area (Å²) in [6.45, 7) is 8.62. The molecule has 118 heavy (non-hydrogen) atoms. The first-order valence-electron chi connectivity index (χ1n) is 36.9. The summed E-state index contributed by atoms with van der Waals surface area (Å²) in [5, 5.41) is 37.6. The van der Waals surface area contributed by atoms with Gasteiger partial charge < -0.3 is 56.2 Å². The van der Waals surface area contributed by atoms with Crippen LogP contribution < -0.4 is 21.3 Å². The summed E-state index contributed by atoms with van der Waals surface area (Å²) in [4.78, 5) is 107. The molecule has 0 bridgehead atoms. The van der Waals surface area contributed by atoms with E-state index in [1.807, 2.05) is 6.92 Å². The van der Waals surface area contributed by atoms with Crippen LogP contribution in [0.1, 0.15) is 143 Å². The van der Waals surface area contributed by atoms with Crippen LogP contribution >= 0.6 is 38.9 Å². The number of anilines is 4. The number of amides is 8. The molecule has 0 atom stereocenters. The second-order valence-corrected chi connectivity index (χ2v) is 30.9. The molecule has 20 nitrogen and oxygen atoms in total. The second-order valence-electron chi connectivity index (χ2n) is 28.6. The van der Waals surface area contributed by atoms with Gasteiger partial charge in [-0.3, -0.25) is 38.4 Å². The molecule has 4 aliphatic heterocycles. The molecule has 36 heteroatoms. The van der Waals surface area contributed by atoms with Gasteiger partial charge in [-0.05, 0) is 226 Å². The topological polar surface area (TPSA) is 271 Å². The van der Waals surface area contributed by atoms with Crippen LogP contribution in [0.25, 0.3) is 0 Å². The number of hydrogen-bond donors (Lipinski definition) is 7. The van der Waals surface area contributed by atoms with Crippen LogP contribution in [-0.4, -0.2) is 158 Å². The number of rotatable bonds is 16. The Kier molecular flexibility index (Phi) is 30.3. The van der Waals surface area contributed by atoms with E-state index >= 15 is 17.6 Å². The van der Waals surface area contributed by atoms with E-state index in [9.17, 15) is 93.2 Å². The molecule has 0 aliphatic carbocycles. The third-order valence-corrected chi connectivity index (χ3v) is 21.8. The number of carbonyl (C=O) groups excluding carboxylic acids is 8. The van der Waals surface area contributed by atoms with Gasteiger partial charge >= 0.3 is 29.6 Å². The first-order valence-corrected chi connectivity index (χ1v) is 38.8. The Bertz CT molecular complexity index is 4900. The number of halogens is 15. The number of benzene rings is 7. The monoisotopic (exact) mass is 1760 g/mol. The number of nitrogens with zero attached hydrogens (tertiary/aromatic N) is 5. The first-order chi connectivity index (χ1) is 55.5. The van der Waals surface area contributed by atoms with Gasteiger partial charge in [0.1, 0.15) is 22.3 Å². The quantitative estimate of drug-likeness (QED) is 0.0445. The van der Waals surface area contributed by atoms with E-state index in [-0.39, 0.29) is 156 Å². The van der Waals surface area contributed by atoms with E-state index in [2.05, 4.69) is 42.2 Å². The number of thiazole rings is 1. The van der Waals surface area contributed by atoms with Crippen molar-refractivity contribution in [3.8, 4) is 0 Å². The Balaban J connectivity index is 0.000000179. The van der Waals surface area contributed by atoms with Crippen molar-refractivity contribution in [1.29, 1.82) is 0 Å². The molecule has 8 aromatic rings.